The minimum atomic E-state index is -3.64. The van der Waals surface area contributed by atoms with Gasteiger partial charge in [0.25, 0.3) is 0 Å². The van der Waals surface area contributed by atoms with Crippen molar-refractivity contribution in [2.24, 2.45) is 0 Å². The van der Waals surface area contributed by atoms with Crippen LogP contribution in [0.25, 0.3) is 11.3 Å². The molecule has 1 aliphatic heterocycles. The number of hydrogen-bond donors (Lipinski definition) is 0. The molecule has 1 saturated heterocycles. The second-order valence-electron chi connectivity index (χ2n) is 6.63. The zero-order valence-corrected chi connectivity index (χ0v) is 16.9. The van der Waals surface area contributed by atoms with Gasteiger partial charge >= 0.3 is 0 Å². The Morgan fingerprint density at radius 1 is 0.828 bits per heavy atom. The number of halogens is 2. The highest BCUT2D eigenvalue weighted by Gasteiger charge is 2.29. The average Bonchev–Trinajstić information content (AvgIpc) is 2.75. The molecule has 6 nitrogen and oxygen atoms in total. The van der Waals surface area contributed by atoms with Crippen LogP contribution in [0.3, 0.4) is 0 Å². The van der Waals surface area contributed by atoms with Gasteiger partial charge in [-0.3, -0.25) is 0 Å². The molecular weight excluding hydrogens is 415 g/mol. The molecule has 1 aromatic heterocycles. The first-order chi connectivity index (χ1) is 13.9. The third-order valence-corrected chi connectivity index (χ3v) is 6.97. The summed E-state index contributed by atoms with van der Waals surface area (Å²) in [6.45, 7) is 1.63. The summed E-state index contributed by atoms with van der Waals surface area (Å²) in [7, 11) is -3.64. The zero-order valence-electron chi connectivity index (χ0n) is 15.4. The first-order valence-corrected chi connectivity index (χ1v) is 10.9. The van der Waals surface area contributed by atoms with Crippen LogP contribution in [0.5, 0.6) is 0 Å². The summed E-state index contributed by atoms with van der Waals surface area (Å²) in [6.07, 6.45) is 0. The fourth-order valence-electron chi connectivity index (χ4n) is 3.18. The largest absolute Gasteiger partial charge is 0.352 e. The minimum absolute atomic E-state index is 0.0967. The van der Waals surface area contributed by atoms with Crippen LogP contribution in [0, 0.1) is 5.82 Å². The second kappa shape index (κ2) is 8.06. The quantitative estimate of drug-likeness (QED) is 0.631. The molecule has 0 spiro atoms. The molecule has 2 heterocycles. The van der Waals surface area contributed by atoms with E-state index in [1.807, 2.05) is 29.2 Å². The normalized spacial score (nSPS) is 15.4. The molecule has 0 atom stereocenters. The van der Waals surface area contributed by atoms with Crippen LogP contribution >= 0.6 is 11.6 Å². The van der Waals surface area contributed by atoms with E-state index in [1.165, 1.54) is 16.4 Å². The highest BCUT2D eigenvalue weighted by molar-refractivity contribution is 7.89. The number of benzene rings is 2. The standard InChI is InChI=1S/C20H18ClFN4O2S/c21-16-3-1-15(2-4-16)19-9-10-20(24-23-19)25-11-13-26(14-12-25)29(27,28)18-7-5-17(22)6-8-18/h1-10H,11-14H2. The number of nitrogens with zero attached hydrogens (tertiary/aromatic N) is 4. The molecule has 0 aliphatic carbocycles. The Labute approximate surface area is 173 Å². The SMILES string of the molecule is O=S(=O)(c1ccc(F)cc1)N1CCN(c2ccc(-c3ccc(Cl)cc3)nn2)CC1. The maximum atomic E-state index is 13.1. The first-order valence-electron chi connectivity index (χ1n) is 9.04. The fraction of sp³-hybridized carbons (Fsp3) is 0.200. The lowest BCUT2D eigenvalue weighted by atomic mass is 10.1. The van der Waals surface area contributed by atoms with Crippen LogP contribution in [-0.2, 0) is 10.0 Å². The summed E-state index contributed by atoms with van der Waals surface area (Å²) in [4.78, 5) is 2.09. The fourth-order valence-corrected chi connectivity index (χ4v) is 4.73. The van der Waals surface area contributed by atoms with E-state index >= 15 is 0 Å². The smallest absolute Gasteiger partial charge is 0.243 e. The van der Waals surface area contributed by atoms with Gasteiger partial charge in [0.15, 0.2) is 5.82 Å². The van der Waals surface area contributed by atoms with Gasteiger partial charge in [-0.25, -0.2) is 12.8 Å². The second-order valence-corrected chi connectivity index (χ2v) is 9.00. The van der Waals surface area contributed by atoms with Gasteiger partial charge in [0, 0.05) is 36.8 Å². The predicted molar refractivity (Wildman–Crippen MR) is 110 cm³/mol. The predicted octanol–water partition coefficient (Wildman–Crippen LogP) is 3.45. The Balaban J connectivity index is 1.43. The van der Waals surface area contributed by atoms with Gasteiger partial charge in [-0.1, -0.05) is 23.7 Å². The Hall–Kier alpha value is -2.55. The van der Waals surface area contributed by atoms with E-state index in [0.717, 1.165) is 23.4 Å². The van der Waals surface area contributed by atoms with Crippen molar-refractivity contribution in [1.82, 2.24) is 14.5 Å². The summed E-state index contributed by atoms with van der Waals surface area (Å²) in [6, 6.07) is 16.0. The molecule has 3 aromatic rings. The van der Waals surface area contributed by atoms with E-state index in [9.17, 15) is 12.8 Å². The zero-order chi connectivity index (χ0) is 20.4. The summed E-state index contributed by atoms with van der Waals surface area (Å²) in [5, 5.41) is 9.22. The van der Waals surface area contributed by atoms with Gasteiger partial charge in [-0.2, -0.15) is 4.31 Å². The van der Waals surface area contributed by atoms with Gasteiger partial charge in [0.1, 0.15) is 5.82 Å². The molecule has 1 aliphatic rings. The van der Waals surface area contributed by atoms with Gasteiger partial charge in [-0.05, 0) is 48.5 Å². The van der Waals surface area contributed by atoms with Crippen molar-refractivity contribution in [2.45, 2.75) is 4.90 Å². The van der Waals surface area contributed by atoms with Crippen molar-refractivity contribution < 1.29 is 12.8 Å². The molecule has 0 radical (unpaired) electrons. The first kappa shape index (κ1) is 19.8. The van der Waals surface area contributed by atoms with E-state index < -0.39 is 15.8 Å². The van der Waals surface area contributed by atoms with Gasteiger partial charge in [0.05, 0.1) is 10.6 Å². The lowest BCUT2D eigenvalue weighted by molar-refractivity contribution is 0.383. The minimum Gasteiger partial charge on any atom is -0.352 e. The highest BCUT2D eigenvalue weighted by Crippen LogP contribution is 2.23. The molecule has 150 valence electrons. The topological polar surface area (TPSA) is 66.4 Å². The molecule has 4 rings (SSSR count). The molecular formula is C20H18ClFN4O2S. The number of hydrogen-bond acceptors (Lipinski definition) is 5. The molecule has 9 heteroatoms. The molecule has 1 fully saturated rings. The van der Waals surface area contributed by atoms with Crippen LogP contribution in [0.4, 0.5) is 10.2 Å². The Morgan fingerprint density at radius 2 is 1.48 bits per heavy atom. The van der Waals surface area contributed by atoms with Crippen LogP contribution in [-0.4, -0.2) is 49.1 Å². The average molecular weight is 433 g/mol. The van der Waals surface area contributed by atoms with Crippen molar-refractivity contribution in [3.63, 3.8) is 0 Å². The van der Waals surface area contributed by atoms with Crippen molar-refractivity contribution >= 4 is 27.4 Å². The summed E-state index contributed by atoms with van der Waals surface area (Å²) in [5.74, 6) is 0.232. The van der Waals surface area contributed by atoms with E-state index in [4.69, 9.17) is 11.6 Å². The van der Waals surface area contributed by atoms with Crippen molar-refractivity contribution in [2.75, 3.05) is 31.1 Å². The van der Waals surface area contributed by atoms with Crippen molar-refractivity contribution in [3.8, 4) is 11.3 Å². The summed E-state index contributed by atoms with van der Waals surface area (Å²) in [5.41, 5.74) is 1.66. The molecule has 0 amide bonds. The van der Waals surface area contributed by atoms with Crippen LogP contribution in [0.2, 0.25) is 5.02 Å². The van der Waals surface area contributed by atoms with Gasteiger partial charge in [-0.15, -0.1) is 10.2 Å². The molecule has 0 bridgehead atoms. The Kier molecular flexibility index (Phi) is 5.49. The third-order valence-electron chi connectivity index (χ3n) is 4.80. The molecule has 2 aromatic carbocycles. The summed E-state index contributed by atoms with van der Waals surface area (Å²) < 4.78 is 39.9. The molecule has 0 N–H and O–H groups in total. The molecule has 0 saturated carbocycles. The third kappa shape index (κ3) is 4.24. The number of sulfonamides is 1. The van der Waals surface area contributed by atoms with Crippen LogP contribution in [0.15, 0.2) is 65.6 Å². The molecule has 29 heavy (non-hydrogen) atoms. The van der Waals surface area contributed by atoms with E-state index in [1.54, 1.807) is 12.1 Å². The number of anilines is 1. The van der Waals surface area contributed by atoms with Gasteiger partial charge in [0.2, 0.25) is 10.0 Å². The Bertz CT molecular complexity index is 1080. The van der Waals surface area contributed by atoms with Crippen LogP contribution in [0.1, 0.15) is 0 Å². The number of rotatable bonds is 4. The Morgan fingerprint density at radius 3 is 2.07 bits per heavy atom. The lowest BCUT2D eigenvalue weighted by Gasteiger charge is -2.34. The monoisotopic (exact) mass is 432 g/mol. The lowest BCUT2D eigenvalue weighted by Crippen LogP contribution is -2.49. The van der Waals surface area contributed by atoms with E-state index in [-0.39, 0.29) is 4.90 Å². The van der Waals surface area contributed by atoms with Gasteiger partial charge < -0.3 is 4.90 Å². The van der Waals surface area contributed by atoms with Crippen molar-refractivity contribution in [3.05, 3.63) is 71.5 Å². The highest BCUT2D eigenvalue weighted by atomic mass is 35.5. The number of piperazine rings is 1. The van der Waals surface area contributed by atoms with E-state index in [2.05, 4.69) is 10.2 Å². The summed E-state index contributed by atoms with van der Waals surface area (Å²) >= 11 is 5.91. The van der Waals surface area contributed by atoms with Crippen LogP contribution < -0.4 is 4.90 Å². The number of aromatic nitrogens is 2. The van der Waals surface area contributed by atoms with Crippen molar-refractivity contribution in [1.29, 1.82) is 0 Å². The maximum Gasteiger partial charge on any atom is 0.243 e. The molecule has 0 unspecified atom stereocenters. The maximum absolute atomic E-state index is 13.1. The van der Waals surface area contributed by atoms with E-state index in [0.29, 0.717) is 37.0 Å².